The van der Waals surface area contributed by atoms with Gasteiger partial charge in [-0.25, -0.2) is 0 Å². The van der Waals surface area contributed by atoms with E-state index in [1.165, 1.54) is 10.9 Å². The van der Waals surface area contributed by atoms with Crippen LogP contribution in [0.15, 0.2) is 146 Å². The maximum atomic E-state index is 13.3. The number of amides is 1. The second-order valence-corrected chi connectivity index (χ2v) is 11.5. The second kappa shape index (κ2) is 13.7. The molecule has 0 fully saturated rings. The van der Waals surface area contributed by atoms with Gasteiger partial charge in [-0.1, -0.05) is 127 Å². The molecule has 5 nitrogen and oxygen atoms in total. The van der Waals surface area contributed by atoms with Crippen molar-refractivity contribution in [2.24, 2.45) is 0 Å². The quantitative estimate of drug-likeness (QED) is 0.143. The molecule has 0 saturated carbocycles. The maximum absolute atomic E-state index is 13.3. The molecular formula is C40H39N3O2. The lowest BCUT2D eigenvalue weighted by Crippen LogP contribution is -2.54. The SMILES string of the molecule is COc1ccccc1CN(C[C@@H](Cc1c[nH]c2ccccc12)NC(c1ccccc1)(c1ccccc1)c1ccccc1)C(C)=O. The van der Waals surface area contributed by atoms with Gasteiger partial charge in [0, 0.05) is 48.7 Å². The van der Waals surface area contributed by atoms with Crippen LogP contribution in [0, 0.1) is 0 Å². The van der Waals surface area contributed by atoms with Crippen molar-refractivity contribution in [1.82, 2.24) is 15.2 Å². The molecule has 1 amide bonds. The molecule has 45 heavy (non-hydrogen) atoms. The number of nitrogens with zero attached hydrogens (tertiary/aromatic N) is 1. The van der Waals surface area contributed by atoms with Crippen LogP contribution in [0.4, 0.5) is 0 Å². The molecule has 0 spiro atoms. The van der Waals surface area contributed by atoms with Crippen LogP contribution in [0.3, 0.4) is 0 Å². The molecule has 226 valence electrons. The Labute approximate surface area is 265 Å². The number of carbonyl (C=O) groups is 1. The van der Waals surface area contributed by atoms with Gasteiger partial charge in [0.05, 0.1) is 12.6 Å². The molecule has 6 aromatic rings. The van der Waals surface area contributed by atoms with Crippen LogP contribution >= 0.6 is 0 Å². The third-order valence-corrected chi connectivity index (χ3v) is 8.62. The molecule has 0 bridgehead atoms. The summed E-state index contributed by atoms with van der Waals surface area (Å²) in [4.78, 5) is 18.7. The summed E-state index contributed by atoms with van der Waals surface area (Å²) in [5.41, 5.74) is 5.98. The molecule has 0 aliphatic heterocycles. The van der Waals surface area contributed by atoms with Gasteiger partial charge < -0.3 is 14.6 Å². The van der Waals surface area contributed by atoms with Crippen molar-refractivity contribution in [2.45, 2.75) is 31.5 Å². The Morgan fingerprint density at radius 1 is 0.733 bits per heavy atom. The Bertz CT molecular complexity index is 1740. The van der Waals surface area contributed by atoms with Gasteiger partial charge >= 0.3 is 0 Å². The van der Waals surface area contributed by atoms with E-state index in [0.717, 1.165) is 33.5 Å². The Kier molecular flexibility index (Phi) is 9.09. The highest BCUT2D eigenvalue weighted by molar-refractivity contribution is 5.83. The van der Waals surface area contributed by atoms with E-state index in [2.05, 4.69) is 126 Å². The Morgan fingerprint density at radius 3 is 1.84 bits per heavy atom. The summed E-state index contributed by atoms with van der Waals surface area (Å²) in [6, 6.07) is 48.0. The predicted octanol–water partition coefficient (Wildman–Crippen LogP) is 7.72. The molecule has 5 aromatic carbocycles. The third-order valence-electron chi connectivity index (χ3n) is 8.62. The lowest BCUT2D eigenvalue weighted by atomic mass is 9.76. The van der Waals surface area contributed by atoms with Crippen LogP contribution in [0.25, 0.3) is 10.9 Å². The van der Waals surface area contributed by atoms with Crippen LogP contribution in [0.2, 0.25) is 0 Å². The molecule has 1 aromatic heterocycles. The van der Waals surface area contributed by atoms with Gasteiger partial charge in [-0.15, -0.1) is 0 Å². The number of carbonyl (C=O) groups excluding carboxylic acids is 1. The minimum Gasteiger partial charge on any atom is -0.496 e. The number of fused-ring (bicyclic) bond motifs is 1. The van der Waals surface area contributed by atoms with Crippen molar-refractivity contribution in [2.75, 3.05) is 13.7 Å². The van der Waals surface area contributed by atoms with Crippen molar-refractivity contribution >= 4 is 16.8 Å². The van der Waals surface area contributed by atoms with Gasteiger partial charge in [-0.2, -0.15) is 0 Å². The largest absolute Gasteiger partial charge is 0.496 e. The first kappa shape index (κ1) is 29.9. The molecule has 0 unspecified atom stereocenters. The van der Waals surface area contributed by atoms with Gasteiger partial charge in [0.25, 0.3) is 0 Å². The van der Waals surface area contributed by atoms with E-state index >= 15 is 0 Å². The maximum Gasteiger partial charge on any atom is 0.219 e. The second-order valence-electron chi connectivity index (χ2n) is 11.5. The molecule has 6 rings (SSSR count). The van der Waals surface area contributed by atoms with Gasteiger partial charge in [-0.05, 0) is 40.8 Å². The molecule has 0 saturated heterocycles. The van der Waals surface area contributed by atoms with Crippen molar-refractivity contribution in [1.29, 1.82) is 0 Å². The first-order valence-electron chi connectivity index (χ1n) is 15.4. The smallest absolute Gasteiger partial charge is 0.219 e. The van der Waals surface area contributed by atoms with Crippen LogP contribution in [0.1, 0.15) is 34.7 Å². The molecular weight excluding hydrogens is 554 g/mol. The number of hydrogen-bond acceptors (Lipinski definition) is 3. The average molecular weight is 594 g/mol. The Balaban J connectivity index is 1.49. The first-order chi connectivity index (χ1) is 22.1. The molecule has 0 radical (unpaired) electrons. The number of hydrogen-bond donors (Lipinski definition) is 2. The van der Waals surface area contributed by atoms with Gasteiger partial charge in [-0.3, -0.25) is 10.1 Å². The Hall–Kier alpha value is -5.13. The van der Waals surface area contributed by atoms with Crippen LogP contribution in [-0.4, -0.2) is 35.5 Å². The number of aromatic nitrogens is 1. The van der Waals surface area contributed by atoms with E-state index < -0.39 is 5.54 Å². The molecule has 1 heterocycles. The van der Waals surface area contributed by atoms with E-state index in [0.29, 0.717) is 19.5 Å². The number of benzene rings is 5. The lowest BCUT2D eigenvalue weighted by Gasteiger charge is -2.41. The monoisotopic (exact) mass is 593 g/mol. The minimum atomic E-state index is -0.687. The zero-order chi connectivity index (χ0) is 31.1. The number of methoxy groups -OCH3 is 1. The summed E-state index contributed by atoms with van der Waals surface area (Å²) in [7, 11) is 1.67. The van der Waals surface area contributed by atoms with Crippen LogP contribution < -0.4 is 10.1 Å². The first-order valence-corrected chi connectivity index (χ1v) is 15.4. The standard InChI is InChI=1S/C40H39N3O2/c1-30(44)43(28-31-16-12-15-25-39(31)45-2)29-36(26-32-27-41-38-24-14-13-23-37(32)38)42-40(33-17-6-3-7-18-33,34-19-8-4-9-20-34)35-21-10-5-11-22-35/h3-25,27,36,41-42H,26,28-29H2,1-2H3/t36-/m1/s1. The Morgan fingerprint density at radius 2 is 1.27 bits per heavy atom. The molecule has 0 aliphatic carbocycles. The van der Waals surface area contributed by atoms with Crippen LogP contribution in [0.5, 0.6) is 5.75 Å². The van der Waals surface area contributed by atoms with Crippen molar-refractivity contribution in [3.8, 4) is 5.75 Å². The van der Waals surface area contributed by atoms with E-state index in [9.17, 15) is 4.79 Å². The normalized spacial score (nSPS) is 12.1. The number of aromatic amines is 1. The van der Waals surface area contributed by atoms with Gasteiger partial charge in [0.15, 0.2) is 0 Å². The summed E-state index contributed by atoms with van der Waals surface area (Å²) in [5.74, 6) is 0.786. The zero-order valence-electron chi connectivity index (χ0n) is 25.8. The average Bonchev–Trinajstić information content (AvgIpc) is 3.50. The fraction of sp³-hybridized carbons (Fsp3) is 0.175. The van der Waals surface area contributed by atoms with E-state index in [1.807, 2.05) is 35.2 Å². The fourth-order valence-electron chi connectivity index (χ4n) is 6.46. The number of H-pyrrole nitrogens is 1. The van der Waals surface area contributed by atoms with E-state index in [-0.39, 0.29) is 11.9 Å². The van der Waals surface area contributed by atoms with Crippen LogP contribution in [-0.2, 0) is 23.3 Å². The number of nitrogens with one attached hydrogen (secondary N) is 2. The minimum absolute atomic E-state index is 0.0105. The fourth-order valence-corrected chi connectivity index (χ4v) is 6.46. The zero-order valence-corrected chi connectivity index (χ0v) is 25.8. The van der Waals surface area contributed by atoms with Gasteiger partial charge in [0.2, 0.25) is 5.91 Å². The predicted molar refractivity (Wildman–Crippen MR) is 182 cm³/mol. The molecule has 2 N–H and O–H groups in total. The van der Waals surface area contributed by atoms with Gasteiger partial charge in [0.1, 0.15) is 5.75 Å². The number of rotatable bonds is 12. The topological polar surface area (TPSA) is 57.4 Å². The van der Waals surface area contributed by atoms with Crippen molar-refractivity contribution in [3.63, 3.8) is 0 Å². The van der Waals surface area contributed by atoms with Crippen molar-refractivity contribution < 1.29 is 9.53 Å². The summed E-state index contributed by atoms with van der Waals surface area (Å²) >= 11 is 0. The molecule has 1 atom stereocenters. The number of para-hydroxylation sites is 2. The molecule has 0 aliphatic rings. The summed E-state index contributed by atoms with van der Waals surface area (Å²) in [6.07, 6.45) is 2.81. The highest BCUT2D eigenvalue weighted by Crippen LogP contribution is 2.38. The highest BCUT2D eigenvalue weighted by atomic mass is 16.5. The van der Waals surface area contributed by atoms with Crippen molar-refractivity contribution in [3.05, 3.63) is 174 Å². The summed E-state index contributed by atoms with van der Waals surface area (Å²) in [5, 5.41) is 5.37. The van der Waals surface area contributed by atoms with E-state index in [4.69, 9.17) is 4.74 Å². The molecule has 5 heteroatoms. The highest BCUT2D eigenvalue weighted by Gasteiger charge is 2.38. The third kappa shape index (κ3) is 6.40. The lowest BCUT2D eigenvalue weighted by molar-refractivity contribution is -0.129. The summed E-state index contributed by atoms with van der Waals surface area (Å²) in [6.45, 7) is 2.58. The number of ether oxygens (including phenoxy) is 1. The van der Waals surface area contributed by atoms with E-state index in [1.54, 1.807) is 14.0 Å². The summed E-state index contributed by atoms with van der Waals surface area (Å²) < 4.78 is 5.66.